The van der Waals surface area contributed by atoms with Crippen molar-refractivity contribution in [2.75, 3.05) is 10.5 Å². The van der Waals surface area contributed by atoms with E-state index in [0.29, 0.717) is 5.69 Å². The first-order valence-electron chi connectivity index (χ1n) is 5.39. The fourth-order valence-corrected chi connectivity index (χ4v) is 2.74. The summed E-state index contributed by atoms with van der Waals surface area (Å²) in [6.45, 7) is 1.85. The van der Waals surface area contributed by atoms with Crippen LogP contribution >= 0.6 is 15.9 Å². The molecule has 0 bridgehead atoms. The van der Waals surface area contributed by atoms with Crippen molar-refractivity contribution in [1.29, 1.82) is 0 Å². The normalized spacial score (nSPS) is 11.3. The second-order valence-corrected chi connectivity index (χ2v) is 6.53. The van der Waals surface area contributed by atoms with Crippen molar-refractivity contribution in [2.45, 2.75) is 11.8 Å². The van der Waals surface area contributed by atoms with Gasteiger partial charge < -0.3 is 5.73 Å². The Kier molecular flexibility index (Phi) is 3.77. The maximum Gasteiger partial charge on any atom is 0.263 e. The Morgan fingerprint density at radius 2 is 2.05 bits per heavy atom. The van der Waals surface area contributed by atoms with Crippen molar-refractivity contribution >= 4 is 37.5 Å². The zero-order valence-electron chi connectivity index (χ0n) is 10.1. The third-order valence-electron chi connectivity index (χ3n) is 2.45. The van der Waals surface area contributed by atoms with E-state index in [1.54, 1.807) is 24.4 Å². The lowest BCUT2D eigenvalue weighted by Gasteiger charge is -2.08. The number of nitrogens with zero attached hydrogens (tertiary/aromatic N) is 1. The van der Waals surface area contributed by atoms with E-state index in [-0.39, 0.29) is 10.7 Å². The van der Waals surface area contributed by atoms with E-state index in [1.807, 2.05) is 6.92 Å². The van der Waals surface area contributed by atoms with Crippen molar-refractivity contribution < 1.29 is 8.42 Å². The molecule has 0 amide bonds. The topological polar surface area (TPSA) is 85.1 Å². The van der Waals surface area contributed by atoms with Gasteiger partial charge in [0.1, 0.15) is 5.82 Å². The van der Waals surface area contributed by atoms with Crippen LogP contribution in [0.4, 0.5) is 11.5 Å². The first-order chi connectivity index (χ1) is 8.88. The van der Waals surface area contributed by atoms with Crippen LogP contribution in [0.5, 0.6) is 0 Å². The molecule has 0 aliphatic rings. The highest BCUT2D eigenvalue weighted by Crippen LogP contribution is 2.20. The minimum Gasteiger partial charge on any atom is -0.399 e. The number of hydrogen-bond acceptors (Lipinski definition) is 4. The lowest BCUT2D eigenvalue weighted by Crippen LogP contribution is -2.14. The average Bonchev–Trinajstić information content (AvgIpc) is 2.33. The van der Waals surface area contributed by atoms with Gasteiger partial charge in [-0.3, -0.25) is 4.72 Å². The fraction of sp³-hybridized carbons (Fsp3) is 0.0833. The van der Waals surface area contributed by atoms with Gasteiger partial charge in [-0.1, -0.05) is 6.07 Å². The predicted molar refractivity (Wildman–Crippen MR) is 78.3 cm³/mol. The molecule has 100 valence electrons. The number of halogens is 1. The number of nitrogens with one attached hydrogen (secondary N) is 1. The monoisotopic (exact) mass is 341 g/mol. The largest absolute Gasteiger partial charge is 0.399 e. The Balaban J connectivity index is 2.33. The molecule has 0 aliphatic heterocycles. The Morgan fingerprint density at radius 3 is 2.68 bits per heavy atom. The van der Waals surface area contributed by atoms with Crippen molar-refractivity contribution in [3.05, 3.63) is 46.6 Å². The molecule has 1 aromatic carbocycles. The molecule has 2 aromatic rings. The summed E-state index contributed by atoms with van der Waals surface area (Å²) < 4.78 is 27.5. The second-order valence-electron chi connectivity index (χ2n) is 4.00. The molecule has 1 heterocycles. The molecule has 0 unspecified atom stereocenters. The number of benzene rings is 1. The van der Waals surface area contributed by atoms with Crippen molar-refractivity contribution in [3.8, 4) is 0 Å². The van der Waals surface area contributed by atoms with Gasteiger partial charge >= 0.3 is 0 Å². The van der Waals surface area contributed by atoms with Crippen LogP contribution in [0.25, 0.3) is 0 Å². The minimum atomic E-state index is -3.67. The molecule has 3 N–H and O–H groups in total. The number of aryl methyl sites for hydroxylation is 1. The third-order valence-corrected chi connectivity index (χ3v) is 4.64. The lowest BCUT2D eigenvalue weighted by molar-refractivity contribution is 0.601. The summed E-state index contributed by atoms with van der Waals surface area (Å²) in [6.07, 6.45) is 1.55. The Hall–Kier alpha value is -1.60. The molecule has 0 fully saturated rings. The first kappa shape index (κ1) is 13.8. The lowest BCUT2D eigenvalue weighted by atomic mass is 10.3. The van der Waals surface area contributed by atoms with Crippen molar-refractivity contribution in [1.82, 2.24) is 4.98 Å². The molecule has 1 aromatic heterocycles. The fourth-order valence-electron chi connectivity index (χ4n) is 1.47. The van der Waals surface area contributed by atoms with Crippen LogP contribution in [0.15, 0.2) is 45.9 Å². The Bertz CT molecular complexity index is 717. The number of nitrogen functional groups attached to an aromatic ring is 1. The number of aromatic nitrogens is 1. The van der Waals surface area contributed by atoms with E-state index in [4.69, 9.17) is 5.73 Å². The SMILES string of the molecule is Cc1cc(NS(=O)(=O)c2cccc(N)c2)ncc1Br. The maximum atomic E-state index is 12.1. The average molecular weight is 342 g/mol. The number of pyridine rings is 1. The van der Waals surface area contributed by atoms with Crippen LogP contribution in [0.2, 0.25) is 0 Å². The number of hydrogen-bond donors (Lipinski definition) is 2. The highest BCUT2D eigenvalue weighted by molar-refractivity contribution is 9.10. The van der Waals surface area contributed by atoms with Crippen molar-refractivity contribution in [2.24, 2.45) is 0 Å². The van der Waals surface area contributed by atoms with Gasteiger partial charge in [0.25, 0.3) is 10.0 Å². The van der Waals surface area contributed by atoms with Gasteiger partial charge in [0.15, 0.2) is 0 Å². The molecule has 7 heteroatoms. The molecule has 0 saturated heterocycles. The van der Waals surface area contributed by atoms with E-state index >= 15 is 0 Å². The van der Waals surface area contributed by atoms with E-state index in [2.05, 4.69) is 25.6 Å². The van der Waals surface area contributed by atoms with Gasteiger partial charge in [-0.05, 0) is 52.7 Å². The summed E-state index contributed by atoms with van der Waals surface area (Å²) in [5.74, 6) is 0.267. The van der Waals surface area contributed by atoms with Gasteiger partial charge in [-0.15, -0.1) is 0 Å². The molecule has 19 heavy (non-hydrogen) atoms. The van der Waals surface area contributed by atoms with E-state index in [9.17, 15) is 8.42 Å². The second kappa shape index (κ2) is 5.18. The molecule has 2 rings (SSSR count). The number of nitrogens with two attached hydrogens (primary N) is 1. The number of rotatable bonds is 3. The third kappa shape index (κ3) is 3.24. The Morgan fingerprint density at radius 1 is 1.32 bits per heavy atom. The molecule has 0 spiro atoms. The summed E-state index contributed by atoms with van der Waals surface area (Å²) >= 11 is 3.31. The van der Waals surface area contributed by atoms with E-state index in [1.165, 1.54) is 12.1 Å². The summed E-state index contributed by atoms with van der Waals surface area (Å²) in [7, 11) is -3.67. The van der Waals surface area contributed by atoms with Crippen LogP contribution in [0.1, 0.15) is 5.56 Å². The van der Waals surface area contributed by atoms with Crippen LogP contribution < -0.4 is 10.5 Å². The maximum absolute atomic E-state index is 12.1. The highest BCUT2D eigenvalue weighted by Gasteiger charge is 2.15. The van der Waals surface area contributed by atoms with Crippen LogP contribution in [-0.2, 0) is 10.0 Å². The van der Waals surface area contributed by atoms with Gasteiger partial charge in [0, 0.05) is 16.4 Å². The first-order valence-corrected chi connectivity index (χ1v) is 7.66. The highest BCUT2D eigenvalue weighted by atomic mass is 79.9. The van der Waals surface area contributed by atoms with Crippen LogP contribution in [0, 0.1) is 6.92 Å². The zero-order chi connectivity index (χ0) is 14.0. The van der Waals surface area contributed by atoms with Crippen LogP contribution in [-0.4, -0.2) is 13.4 Å². The summed E-state index contributed by atoms with van der Waals surface area (Å²) in [4.78, 5) is 4.11. The van der Waals surface area contributed by atoms with Gasteiger partial charge in [0.2, 0.25) is 0 Å². The van der Waals surface area contributed by atoms with E-state index < -0.39 is 10.0 Å². The van der Waals surface area contributed by atoms with Crippen molar-refractivity contribution in [3.63, 3.8) is 0 Å². The molecular formula is C12H12BrN3O2S. The summed E-state index contributed by atoms with van der Waals surface area (Å²) in [5, 5.41) is 0. The van der Waals surface area contributed by atoms with Crippen LogP contribution in [0.3, 0.4) is 0 Å². The van der Waals surface area contributed by atoms with E-state index in [0.717, 1.165) is 10.0 Å². The molecule has 5 nitrogen and oxygen atoms in total. The minimum absolute atomic E-state index is 0.106. The molecule has 0 radical (unpaired) electrons. The zero-order valence-corrected chi connectivity index (χ0v) is 12.5. The quantitative estimate of drug-likeness (QED) is 0.840. The molecule has 0 saturated carbocycles. The molecular weight excluding hydrogens is 330 g/mol. The summed E-state index contributed by atoms with van der Waals surface area (Å²) in [6, 6.07) is 7.73. The Labute approximate surface area is 120 Å². The standard InChI is InChI=1S/C12H12BrN3O2S/c1-8-5-12(15-7-11(8)13)16-19(17,18)10-4-2-3-9(14)6-10/h2-7H,14H2,1H3,(H,15,16). The predicted octanol–water partition coefficient (Wildman–Crippen LogP) is 2.54. The van der Waals surface area contributed by atoms with Gasteiger partial charge in [-0.25, -0.2) is 13.4 Å². The summed E-state index contributed by atoms with van der Waals surface area (Å²) in [5.41, 5.74) is 6.86. The smallest absolute Gasteiger partial charge is 0.263 e. The number of sulfonamides is 1. The van der Waals surface area contributed by atoms with Gasteiger partial charge in [0.05, 0.1) is 4.90 Å². The molecule has 0 atom stereocenters. The van der Waals surface area contributed by atoms with Gasteiger partial charge in [-0.2, -0.15) is 0 Å². The number of anilines is 2. The molecule has 0 aliphatic carbocycles.